The number of rotatable bonds is 10. The summed E-state index contributed by atoms with van der Waals surface area (Å²) in [5.74, 6) is -3.15. The summed E-state index contributed by atoms with van der Waals surface area (Å²) in [5.41, 5.74) is 6.42. The van der Waals surface area contributed by atoms with Gasteiger partial charge >= 0.3 is 12.1 Å². The number of fused-ring (bicyclic) bond motifs is 1. The average molecular weight is 725 g/mol. The number of carbonyl (C=O) groups excluding carboxylic acids is 3. The summed E-state index contributed by atoms with van der Waals surface area (Å²) in [6, 6.07) is -0.973. The number of methoxy groups -OCH3 is 1. The van der Waals surface area contributed by atoms with E-state index in [1.54, 1.807) is 25.9 Å². The van der Waals surface area contributed by atoms with E-state index in [1.165, 1.54) is 6.92 Å². The molecular formula is C36H64N6O9. The van der Waals surface area contributed by atoms with Gasteiger partial charge in [0.2, 0.25) is 0 Å². The summed E-state index contributed by atoms with van der Waals surface area (Å²) >= 11 is 0. The van der Waals surface area contributed by atoms with E-state index in [4.69, 9.17) is 29.2 Å². The first kappa shape index (κ1) is 42.9. The van der Waals surface area contributed by atoms with Gasteiger partial charge in [0.1, 0.15) is 18.1 Å². The first-order chi connectivity index (χ1) is 23.9. The SMILES string of the molecule is CC[C@H]1OC(=O)[C@H](C)C(=O)[C@H](C)[C@@H](O[C@@H]2OC(C)CC(N(C)C)C2O)[C@](C)(OC)C[C@@H](C)CN(C)[C@H](C)[C@H]2N(CCCCN=[N+]=[N-])C(=O)O[C@]12C. The van der Waals surface area contributed by atoms with Crippen molar-refractivity contribution >= 4 is 17.8 Å². The van der Waals surface area contributed by atoms with Gasteiger partial charge in [-0.25, -0.2) is 4.79 Å². The van der Waals surface area contributed by atoms with Crippen LogP contribution in [0.3, 0.4) is 0 Å². The van der Waals surface area contributed by atoms with Gasteiger partial charge in [0.25, 0.3) is 0 Å². The smallest absolute Gasteiger partial charge is 0.410 e. The molecule has 0 aromatic carbocycles. The highest BCUT2D eigenvalue weighted by molar-refractivity contribution is 6.00. The molecule has 15 nitrogen and oxygen atoms in total. The molecule has 292 valence electrons. The summed E-state index contributed by atoms with van der Waals surface area (Å²) in [4.78, 5) is 50.4. The normalized spacial score (nSPS) is 40.5. The second kappa shape index (κ2) is 18.0. The maximum Gasteiger partial charge on any atom is 0.410 e. The Morgan fingerprint density at radius 2 is 1.78 bits per heavy atom. The van der Waals surface area contributed by atoms with Crippen molar-refractivity contribution in [2.45, 2.75) is 148 Å². The highest BCUT2D eigenvalue weighted by Crippen LogP contribution is 2.41. The lowest BCUT2D eigenvalue weighted by Crippen LogP contribution is -2.61. The lowest BCUT2D eigenvalue weighted by molar-refractivity contribution is -0.295. The third kappa shape index (κ3) is 9.54. The molecule has 3 aliphatic heterocycles. The Labute approximate surface area is 304 Å². The fraction of sp³-hybridized carbons (Fsp3) is 0.917. The van der Waals surface area contributed by atoms with E-state index in [0.717, 1.165) is 0 Å². The second-order valence-electron chi connectivity index (χ2n) is 15.7. The van der Waals surface area contributed by atoms with Crippen molar-refractivity contribution < 1.29 is 43.2 Å². The third-order valence-corrected chi connectivity index (χ3v) is 11.5. The zero-order valence-corrected chi connectivity index (χ0v) is 32.9. The highest BCUT2D eigenvalue weighted by Gasteiger charge is 2.59. The molecule has 51 heavy (non-hydrogen) atoms. The monoisotopic (exact) mass is 724 g/mol. The van der Waals surface area contributed by atoms with Crippen molar-refractivity contribution in [3.05, 3.63) is 10.4 Å². The number of cyclic esters (lactones) is 1. The molecular weight excluding hydrogens is 660 g/mol. The number of unbranched alkanes of at least 4 members (excludes halogenated alkanes) is 1. The number of hydrogen-bond donors (Lipinski definition) is 1. The number of ether oxygens (including phenoxy) is 5. The van der Waals surface area contributed by atoms with Crippen molar-refractivity contribution in [2.24, 2.45) is 22.9 Å². The lowest BCUT2D eigenvalue weighted by Gasteiger charge is -2.47. The van der Waals surface area contributed by atoms with E-state index in [2.05, 4.69) is 21.8 Å². The number of Topliss-reactive ketones (excluding diaryl/α,β-unsaturated/α-hetero) is 1. The second-order valence-corrected chi connectivity index (χ2v) is 15.7. The Kier molecular flexibility index (Phi) is 15.1. The first-order valence-corrected chi connectivity index (χ1v) is 18.5. The number of amides is 1. The Hall–Kier alpha value is -2.52. The van der Waals surface area contributed by atoms with Gasteiger partial charge in [-0.1, -0.05) is 25.9 Å². The number of aliphatic hydroxyl groups excluding tert-OH is 1. The Morgan fingerprint density at radius 3 is 2.37 bits per heavy atom. The van der Waals surface area contributed by atoms with Gasteiger partial charge in [0.05, 0.1) is 23.9 Å². The number of nitrogens with zero attached hydrogens (tertiary/aromatic N) is 6. The molecule has 0 aliphatic carbocycles. The van der Waals surface area contributed by atoms with E-state index in [-0.39, 0.29) is 24.1 Å². The molecule has 3 rings (SSSR count). The van der Waals surface area contributed by atoms with Crippen LogP contribution in [0, 0.1) is 17.8 Å². The fourth-order valence-electron chi connectivity index (χ4n) is 8.53. The lowest BCUT2D eigenvalue weighted by atomic mass is 9.78. The van der Waals surface area contributed by atoms with Gasteiger partial charge < -0.3 is 38.6 Å². The van der Waals surface area contributed by atoms with Gasteiger partial charge in [-0.3, -0.25) is 14.5 Å². The molecule has 13 atom stereocenters. The molecule has 3 saturated heterocycles. The van der Waals surface area contributed by atoms with Crippen molar-refractivity contribution in [3.63, 3.8) is 0 Å². The molecule has 0 radical (unpaired) electrons. The minimum Gasteiger partial charge on any atom is -0.458 e. The van der Waals surface area contributed by atoms with Crippen molar-refractivity contribution in [1.82, 2.24) is 14.7 Å². The topological polar surface area (TPSA) is 176 Å². The summed E-state index contributed by atoms with van der Waals surface area (Å²) in [7, 11) is 7.38. The Morgan fingerprint density at radius 1 is 1.12 bits per heavy atom. The van der Waals surface area contributed by atoms with Crippen LogP contribution in [-0.2, 0) is 33.3 Å². The van der Waals surface area contributed by atoms with Gasteiger partial charge in [-0.15, -0.1) is 0 Å². The molecule has 0 bridgehead atoms. The summed E-state index contributed by atoms with van der Waals surface area (Å²) in [6.45, 7) is 16.2. The fourth-order valence-corrected chi connectivity index (χ4v) is 8.53. The highest BCUT2D eigenvalue weighted by atomic mass is 16.7. The summed E-state index contributed by atoms with van der Waals surface area (Å²) < 4.78 is 31.3. The minimum atomic E-state index is -1.22. The molecule has 1 N–H and O–H groups in total. The van der Waals surface area contributed by atoms with E-state index in [1.807, 2.05) is 53.7 Å². The van der Waals surface area contributed by atoms with Crippen LogP contribution in [-0.4, -0.2) is 146 Å². The third-order valence-electron chi connectivity index (χ3n) is 11.5. The molecule has 0 saturated carbocycles. The van der Waals surface area contributed by atoms with Crippen molar-refractivity contribution in [1.29, 1.82) is 0 Å². The predicted molar refractivity (Wildman–Crippen MR) is 191 cm³/mol. The molecule has 0 spiro atoms. The molecule has 3 fully saturated rings. The molecule has 1 amide bonds. The molecule has 15 heteroatoms. The van der Waals surface area contributed by atoms with Crippen LogP contribution in [0.2, 0.25) is 0 Å². The van der Waals surface area contributed by atoms with Crippen LogP contribution in [0.4, 0.5) is 4.79 Å². The number of azide groups is 1. The summed E-state index contributed by atoms with van der Waals surface area (Å²) in [5, 5.41) is 15.0. The minimum absolute atomic E-state index is 0.00502. The standard InChI is InChI=1S/C36H64N6O9/c1-13-27-36(8)30(42(34(46)51-36)17-15-14-16-38-39-37)25(6)41(11)20-21(2)19-35(7,47-12)31(23(4)28(43)24(5)32(45)49-27)50-33-29(44)26(40(9)10)18-22(3)48-33/h21-27,29-31,33,44H,13-20H2,1-12H3/t21-,22?,23+,24-,25-,26?,27-,29?,30-,31-,33+,35-,36-/m1/s1. The van der Waals surface area contributed by atoms with Crippen LogP contribution in [0.25, 0.3) is 10.4 Å². The Bertz CT molecular complexity index is 1250. The van der Waals surface area contributed by atoms with Crippen molar-refractivity contribution in [2.75, 3.05) is 47.9 Å². The maximum atomic E-state index is 14.3. The zero-order valence-electron chi connectivity index (χ0n) is 32.9. The van der Waals surface area contributed by atoms with Crippen LogP contribution in [0.5, 0.6) is 0 Å². The summed E-state index contributed by atoms with van der Waals surface area (Å²) in [6.07, 6.45) is -1.86. The largest absolute Gasteiger partial charge is 0.458 e. The van der Waals surface area contributed by atoms with E-state index in [9.17, 15) is 19.5 Å². The van der Waals surface area contributed by atoms with Gasteiger partial charge in [-0.05, 0) is 99.3 Å². The first-order valence-electron chi connectivity index (χ1n) is 18.5. The number of hydrogen-bond acceptors (Lipinski definition) is 12. The number of aliphatic hydroxyl groups is 1. The quantitative estimate of drug-likeness (QED) is 0.0844. The van der Waals surface area contributed by atoms with Crippen LogP contribution >= 0.6 is 0 Å². The number of esters is 1. The molecule has 3 heterocycles. The Balaban J connectivity index is 2.06. The predicted octanol–water partition coefficient (Wildman–Crippen LogP) is 4.40. The van der Waals surface area contributed by atoms with Gasteiger partial charge in [0.15, 0.2) is 17.7 Å². The number of carbonyl (C=O) groups is 3. The van der Waals surface area contributed by atoms with E-state index in [0.29, 0.717) is 51.7 Å². The zero-order chi connectivity index (χ0) is 38.4. The maximum absolute atomic E-state index is 14.3. The van der Waals surface area contributed by atoms with Crippen molar-refractivity contribution in [3.8, 4) is 0 Å². The molecule has 0 aromatic heterocycles. The number of ketones is 1. The van der Waals surface area contributed by atoms with Crippen LogP contribution < -0.4 is 0 Å². The van der Waals surface area contributed by atoms with Crippen LogP contribution in [0.15, 0.2) is 5.11 Å². The molecule has 3 unspecified atom stereocenters. The van der Waals surface area contributed by atoms with E-state index < -0.39 is 71.5 Å². The van der Waals surface area contributed by atoms with E-state index >= 15 is 0 Å². The number of likely N-dealkylation sites (N-methyl/N-ethyl adjacent to an activating group) is 2. The van der Waals surface area contributed by atoms with Gasteiger partial charge in [0, 0.05) is 49.7 Å². The molecule has 3 aliphatic rings. The average Bonchev–Trinajstić information content (AvgIpc) is 3.33. The molecule has 0 aromatic rings. The van der Waals surface area contributed by atoms with Gasteiger partial charge in [-0.2, -0.15) is 0 Å². The van der Waals surface area contributed by atoms with Crippen LogP contribution in [0.1, 0.15) is 87.5 Å².